The van der Waals surface area contributed by atoms with Gasteiger partial charge in [0.25, 0.3) is 0 Å². The van der Waals surface area contributed by atoms with Crippen molar-refractivity contribution >= 4 is 11.6 Å². The van der Waals surface area contributed by atoms with E-state index in [-0.39, 0.29) is 11.4 Å². The lowest BCUT2D eigenvalue weighted by molar-refractivity contribution is -0.117. The normalized spacial score (nSPS) is 11.9. The third kappa shape index (κ3) is 3.52. The highest BCUT2D eigenvalue weighted by atomic mass is 19.1. The number of benzene rings is 1. The summed E-state index contributed by atoms with van der Waals surface area (Å²) in [5.74, 6) is -0.952. The van der Waals surface area contributed by atoms with E-state index in [0.717, 1.165) is 11.8 Å². The standard InChI is InChI=1S/C14H14FN3O2/c15-11-8-17-6-5-13(11)18-14(20)12(16)7-9-1-3-10(19)4-2-9/h1-6,8,12,19H,7,16H2,(H,17,18,20)/t12-/m0/s1. The summed E-state index contributed by atoms with van der Waals surface area (Å²) < 4.78 is 13.3. The van der Waals surface area contributed by atoms with Crippen LogP contribution in [0.1, 0.15) is 5.56 Å². The molecule has 0 radical (unpaired) electrons. The predicted molar refractivity (Wildman–Crippen MR) is 72.6 cm³/mol. The largest absolute Gasteiger partial charge is 0.508 e. The summed E-state index contributed by atoms with van der Waals surface area (Å²) in [5, 5.41) is 11.6. The first-order chi connectivity index (χ1) is 9.56. The molecule has 20 heavy (non-hydrogen) atoms. The number of aromatic hydroxyl groups is 1. The fourth-order valence-electron chi connectivity index (χ4n) is 1.68. The molecule has 1 aromatic carbocycles. The summed E-state index contributed by atoms with van der Waals surface area (Å²) in [6.07, 6.45) is 2.68. The lowest BCUT2D eigenvalue weighted by Gasteiger charge is -2.12. The van der Waals surface area contributed by atoms with Crippen LogP contribution >= 0.6 is 0 Å². The van der Waals surface area contributed by atoms with Crippen molar-refractivity contribution in [1.82, 2.24) is 4.98 Å². The van der Waals surface area contributed by atoms with Crippen LogP contribution in [0.25, 0.3) is 0 Å². The first-order valence-electron chi connectivity index (χ1n) is 6.00. The summed E-state index contributed by atoms with van der Waals surface area (Å²) in [6, 6.07) is 6.93. The number of halogens is 1. The van der Waals surface area contributed by atoms with E-state index < -0.39 is 17.8 Å². The summed E-state index contributed by atoms with van der Waals surface area (Å²) in [4.78, 5) is 15.5. The Morgan fingerprint density at radius 1 is 1.35 bits per heavy atom. The second-order valence-corrected chi connectivity index (χ2v) is 4.32. The number of pyridine rings is 1. The summed E-state index contributed by atoms with van der Waals surface area (Å²) >= 11 is 0. The van der Waals surface area contributed by atoms with E-state index >= 15 is 0 Å². The monoisotopic (exact) mass is 275 g/mol. The highest BCUT2D eigenvalue weighted by Crippen LogP contribution is 2.13. The van der Waals surface area contributed by atoms with E-state index in [2.05, 4.69) is 10.3 Å². The first-order valence-corrected chi connectivity index (χ1v) is 6.00. The van der Waals surface area contributed by atoms with E-state index in [4.69, 9.17) is 10.8 Å². The fraction of sp³-hybridized carbons (Fsp3) is 0.143. The van der Waals surface area contributed by atoms with Gasteiger partial charge in [0.15, 0.2) is 5.82 Å². The zero-order valence-corrected chi connectivity index (χ0v) is 10.6. The van der Waals surface area contributed by atoms with Crippen molar-refractivity contribution in [2.24, 2.45) is 5.73 Å². The Labute approximate surface area is 115 Å². The Morgan fingerprint density at radius 3 is 2.70 bits per heavy atom. The number of phenolic OH excluding ortho intramolecular Hbond substituents is 1. The summed E-state index contributed by atoms with van der Waals surface area (Å²) in [5.41, 5.74) is 6.63. The zero-order chi connectivity index (χ0) is 14.5. The Hall–Kier alpha value is -2.47. The number of carbonyl (C=O) groups is 1. The van der Waals surface area contributed by atoms with Gasteiger partial charge in [-0.1, -0.05) is 12.1 Å². The molecule has 1 aromatic heterocycles. The number of nitrogens with zero attached hydrogens (tertiary/aromatic N) is 1. The molecule has 0 spiro atoms. The second-order valence-electron chi connectivity index (χ2n) is 4.32. The van der Waals surface area contributed by atoms with Crippen LogP contribution in [0.15, 0.2) is 42.7 Å². The maximum absolute atomic E-state index is 13.3. The molecule has 0 unspecified atom stereocenters. The van der Waals surface area contributed by atoms with Gasteiger partial charge in [-0.3, -0.25) is 9.78 Å². The molecule has 0 aliphatic heterocycles. The third-order valence-electron chi connectivity index (χ3n) is 2.76. The second kappa shape index (κ2) is 6.12. The van der Waals surface area contributed by atoms with Gasteiger partial charge >= 0.3 is 0 Å². The number of rotatable bonds is 4. The van der Waals surface area contributed by atoms with E-state index in [0.29, 0.717) is 6.42 Å². The molecule has 1 heterocycles. The van der Waals surface area contributed by atoms with Gasteiger partial charge in [-0.25, -0.2) is 4.39 Å². The maximum Gasteiger partial charge on any atom is 0.241 e. The molecule has 0 fully saturated rings. The topological polar surface area (TPSA) is 88.2 Å². The number of amides is 1. The quantitative estimate of drug-likeness (QED) is 0.787. The van der Waals surface area contributed by atoms with Crippen molar-refractivity contribution in [1.29, 1.82) is 0 Å². The van der Waals surface area contributed by atoms with E-state index in [1.165, 1.54) is 24.4 Å². The zero-order valence-electron chi connectivity index (χ0n) is 10.6. The number of aromatic nitrogens is 1. The molecule has 1 amide bonds. The Morgan fingerprint density at radius 2 is 2.05 bits per heavy atom. The van der Waals surface area contributed by atoms with Gasteiger partial charge in [0.05, 0.1) is 17.9 Å². The van der Waals surface area contributed by atoms with Crippen LogP contribution in [-0.4, -0.2) is 22.0 Å². The van der Waals surface area contributed by atoms with Crippen molar-refractivity contribution < 1.29 is 14.3 Å². The van der Waals surface area contributed by atoms with E-state index in [1.807, 2.05) is 0 Å². The minimum atomic E-state index is -0.813. The van der Waals surface area contributed by atoms with Gasteiger partial charge in [0.2, 0.25) is 5.91 Å². The number of phenols is 1. The Balaban J connectivity index is 1.99. The molecule has 0 saturated heterocycles. The minimum absolute atomic E-state index is 0.0474. The van der Waals surface area contributed by atoms with Gasteiger partial charge < -0.3 is 16.2 Å². The van der Waals surface area contributed by atoms with Crippen LogP contribution in [0.2, 0.25) is 0 Å². The molecule has 0 aliphatic carbocycles. The fourth-order valence-corrected chi connectivity index (χ4v) is 1.68. The lowest BCUT2D eigenvalue weighted by atomic mass is 10.1. The molecule has 0 aliphatic rings. The number of hydrogen-bond donors (Lipinski definition) is 3. The molecule has 0 bridgehead atoms. The molecular weight excluding hydrogens is 261 g/mol. The summed E-state index contributed by atoms with van der Waals surface area (Å²) in [6.45, 7) is 0. The van der Waals surface area contributed by atoms with E-state index in [9.17, 15) is 9.18 Å². The first kappa shape index (κ1) is 14.0. The van der Waals surface area contributed by atoms with Crippen LogP contribution in [0.3, 0.4) is 0 Å². The van der Waals surface area contributed by atoms with Crippen LogP contribution < -0.4 is 11.1 Å². The van der Waals surface area contributed by atoms with E-state index in [1.54, 1.807) is 12.1 Å². The average molecular weight is 275 g/mol. The number of hydrogen-bond acceptors (Lipinski definition) is 4. The van der Waals surface area contributed by atoms with Crippen LogP contribution in [0.4, 0.5) is 10.1 Å². The number of anilines is 1. The summed E-state index contributed by atoms with van der Waals surface area (Å²) in [7, 11) is 0. The van der Waals surface area contributed by atoms with Crippen molar-refractivity contribution in [3.63, 3.8) is 0 Å². The van der Waals surface area contributed by atoms with Gasteiger partial charge in [-0.2, -0.15) is 0 Å². The number of carbonyl (C=O) groups excluding carboxylic acids is 1. The molecule has 0 saturated carbocycles. The van der Waals surface area contributed by atoms with Gasteiger partial charge in [0, 0.05) is 6.20 Å². The molecular formula is C14H14FN3O2. The predicted octanol–water partition coefficient (Wildman–Crippen LogP) is 1.43. The molecule has 6 heteroatoms. The number of nitrogens with one attached hydrogen (secondary N) is 1. The molecule has 2 rings (SSSR count). The third-order valence-corrected chi connectivity index (χ3v) is 2.76. The molecule has 2 aromatic rings. The number of nitrogens with two attached hydrogens (primary N) is 1. The SMILES string of the molecule is N[C@@H](Cc1ccc(O)cc1)C(=O)Nc1ccncc1F. The smallest absolute Gasteiger partial charge is 0.241 e. The van der Waals surface area contributed by atoms with Crippen LogP contribution in [0.5, 0.6) is 5.75 Å². The maximum atomic E-state index is 13.3. The van der Waals surface area contributed by atoms with Crippen LogP contribution in [-0.2, 0) is 11.2 Å². The van der Waals surface area contributed by atoms with Gasteiger partial charge in [-0.15, -0.1) is 0 Å². The molecule has 4 N–H and O–H groups in total. The minimum Gasteiger partial charge on any atom is -0.508 e. The lowest BCUT2D eigenvalue weighted by Crippen LogP contribution is -2.37. The Bertz CT molecular complexity index is 602. The van der Waals surface area contributed by atoms with Crippen molar-refractivity contribution in [2.45, 2.75) is 12.5 Å². The highest BCUT2D eigenvalue weighted by molar-refractivity contribution is 5.94. The molecule has 5 nitrogen and oxygen atoms in total. The average Bonchev–Trinajstić information content (AvgIpc) is 2.44. The van der Waals surface area contributed by atoms with Crippen LogP contribution in [0, 0.1) is 5.82 Å². The van der Waals surface area contributed by atoms with Crippen molar-refractivity contribution in [3.8, 4) is 5.75 Å². The van der Waals surface area contributed by atoms with Gasteiger partial charge in [0.1, 0.15) is 5.75 Å². The molecule has 104 valence electrons. The van der Waals surface area contributed by atoms with Crippen molar-refractivity contribution in [3.05, 3.63) is 54.1 Å². The van der Waals surface area contributed by atoms with Gasteiger partial charge in [-0.05, 0) is 30.2 Å². The highest BCUT2D eigenvalue weighted by Gasteiger charge is 2.15. The Kier molecular flexibility index (Phi) is 4.27. The van der Waals surface area contributed by atoms with Crippen molar-refractivity contribution in [2.75, 3.05) is 5.32 Å². The molecule has 1 atom stereocenters.